The van der Waals surface area contributed by atoms with Crippen molar-refractivity contribution in [1.82, 2.24) is 29.9 Å². The smallest absolute Gasteiger partial charge is 0.300 e. The van der Waals surface area contributed by atoms with Gasteiger partial charge in [0.25, 0.3) is 5.97 Å². The summed E-state index contributed by atoms with van der Waals surface area (Å²) in [6, 6.07) is 46.3. The second-order valence-corrected chi connectivity index (χ2v) is 11.5. The SMILES string of the molecule is C(=N\Nc1nc(Nc2ccccc2)nc(Nc2ccccc2)n1)/c1ccc(/C=N/Nc2nc(Nc3ccccc3)nc(Nc3ccccc3)n2)cc1.CC(=O)O. The Morgan fingerprint density at radius 3 is 0.911 bits per heavy atom. The van der Waals surface area contributed by atoms with E-state index in [0.717, 1.165) is 40.8 Å². The van der Waals surface area contributed by atoms with Crippen LogP contribution < -0.4 is 32.1 Å². The number of carboxylic acids is 1. The first-order valence-electron chi connectivity index (χ1n) is 17.1. The van der Waals surface area contributed by atoms with Crippen LogP contribution in [0.4, 0.5) is 58.4 Å². The molecule has 2 heterocycles. The maximum absolute atomic E-state index is 9.00. The number of para-hydroxylation sites is 4. The number of aliphatic carboxylic acids is 1. The fraction of sp³-hybridized carbons (Fsp3) is 0.0250. The van der Waals surface area contributed by atoms with Crippen molar-refractivity contribution in [1.29, 1.82) is 0 Å². The Morgan fingerprint density at radius 1 is 0.429 bits per heavy atom. The first-order valence-corrected chi connectivity index (χ1v) is 17.1. The minimum atomic E-state index is -0.833. The fourth-order valence-electron chi connectivity index (χ4n) is 4.68. The molecule has 0 spiro atoms. The van der Waals surface area contributed by atoms with Crippen molar-refractivity contribution in [3.63, 3.8) is 0 Å². The molecule has 56 heavy (non-hydrogen) atoms. The lowest BCUT2D eigenvalue weighted by molar-refractivity contribution is -0.134. The average Bonchev–Trinajstić information content (AvgIpc) is 3.20. The summed E-state index contributed by atoms with van der Waals surface area (Å²) in [5, 5.41) is 29.0. The Bertz CT molecular complexity index is 2060. The third-order valence-corrected chi connectivity index (χ3v) is 7.08. The zero-order chi connectivity index (χ0) is 38.8. The van der Waals surface area contributed by atoms with Crippen LogP contribution in [0.15, 0.2) is 156 Å². The Hall–Kier alpha value is -8.27. The predicted molar refractivity (Wildman–Crippen MR) is 221 cm³/mol. The molecule has 0 atom stereocenters. The van der Waals surface area contributed by atoms with E-state index in [4.69, 9.17) is 9.90 Å². The minimum absolute atomic E-state index is 0.264. The molecule has 0 bridgehead atoms. The van der Waals surface area contributed by atoms with Gasteiger partial charge in [-0.15, -0.1) is 0 Å². The summed E-state index contributed by atoms with van der Waals surface area (Å²) in [5.41, 5.74) is 10.9. The molecule has 16 heteroatoms. The van der Waals surface area contributed by atoms with Crippen LogP contribution in [-0.2, 0) is 4.79 Å². The van der Waals surface area contributed by atoms with Crippen LogP contribution >= 0.6 is 0 Å². The summed E-state index contributed by atoms with van der Waals surface area (Å²) in [5.74, 6) is 1.14. The Labute approximate surface area is 322 Å². The molecular weight excluding hydrogens is 709 g/mol. The van der Waals surface area contributed by atoms with E-state index in [0.29, 0.717) is 23.8 Å². The monoisotopic (exact) mass is 744 g/mol. The van der Waals surface area contributed by atoms with Crippen LogP contribution in [0.3, 0.4) is 0 Å². The molecule has 0 unspecified atom stereocenters. The second kappa shape index (κ2) is 19.5. The van der Waals surface area contributed by atoms with E-state index in [1.165, 1.54) is 0 Å². The summed E-state index contributed by atoms with van der Waals surface area (Å²) < 4.78 is 0. The molecule has 2 aromatic heterocycles. The average molecular weight is 745 g/mol. The number of hydrogen-bond donors (Lipinski definition) is 7. The van der Waals surface area contributed by atoms with E-state index >= 15 is 0 Å². The summed E-state index contributed by atoms with van der Waals surface area (Å²) in [7, 11) is 0. The number of hydrogen-bond acceptors (Lipinski definition) is 15. The van der Waals surface area contributed by atoms with E-state index in [9.17, 15) is 0 Å². The number of carboxylic acid groups (broad SMARTS) is 1. The summed E-state index contributed by atoms with van der Waals surface area (Å²) in [6.45, 7) is 1.08. The molecule has 7 aromatic rings. The van der Waals surface area contributed by atoms with Crippen molar-refractivity contribution in [2.24, 2.45) is 10.2 Å². The maximum atomic E-state index is 9.00. The molecular formula is C40H36N14O2. The lowest BCUT2D eigenvalue weighted by Crippen LogP contribution is -2.07. The third kappa shape index (κ3) is 12.4. The van der Waals surface area contributed by atoms with Crippen molar-refractivity contribution in [3.05, 3.63) is 157 Å². The number of hydrazone groups is 2. The number of aromatic nitrogens is 6. The van der Waals surface area contributed by atoms with Gasteiger partial charge in [0.05, 0.1) is 12.4 Å². The number of carbonyl (C=O) groups is 1. The highest BCUT2D eigenvalue weighted by Crippen LogP contribution is 2.20. The van der Waals surface area contributed by atoms with E-state index < -0.39 is 5.97 Å². The van der Waals surface area contributed by atoms with Gasteiger partial charge in [-0.2, -0.15) is 40.1 Å². The first-order chi connectivity index (χ1) is 27.4. The number of anilines is 10. The number of nitrogens with zero attached hydrogens (tertiary/aromatic N) is 8. The number of nitrogens with one attached hydrogen (secondary N) is 6. The van der Waals surface area contributed by atoms with Crippen molar-refractivity contribution < 1.29 is 9.90 Å². The molecule has 0 aliphatic carbocycles. The molecule has 0 fully saturated rings. The number of rotatable bonds is 14. The molecule has 7 rings (SSSR count). The zero-order valence-electron chi connectivity index (χ0n) is 29.9. The molecule has 0 aliphatic rings. The quantitative estimate of drug-likeness (QED) is 0.0415. The maximum Gasteiger partial charge on any atom is 0.300 e. The van der Waals surface area contributed by atoms with Gasteiger partial charge in [0.1, 0.15) is 0 Å². The van der Waals surface area contributed by atoms with Crippen LogP contribution in [0.25, 0.3) is 0 Å². The lowest BCUT2D eigenvalue weighted by atomic mass is 10.2. The van der Waals surface area contributed by atoms with Crippen LogP contribution in [0.1, 0.15) is 18.1 Å². The Balaban J connectivity index is 0.00000127. The fourth-order valence-corrected chi connectivity index (χ4v) is 4.68. The highest BCUT2D eigenvalue weighted by Gasteiger charge is 2.09. The summed E-state index contributed by atoms with van der Waals surface area (Å²) >= 11 is 0. The molecule has 0 amide bonds. The third-order valence-electron chi connectivity index (χ3n) is 7.08. The van der Waals surface area contributed by atoms with E-state index in [2.05, 4.69) is 72.2 Å². The van der Waals surface area contributed by atoms with Gasteiger partial charge in [-0.1, -0.05) is 97.1 Å². The van der Waals surface area contributed by atoms with E-state index in [-0.39, 0.29) is 11.9 Å². The largest absolute Gasteiger partial charge is 0.481 e. The Morgan fingerprint density at radius 2 is 0.661 bits per heavy atom. The second-order valence-electron chi connectivity index (χ2n) is 11.5. The summed E-state index contributed by atoms with van der Waals surface area (Å²) in [6.07, 6.45) is 3.34. The molecule has 5 aromatic carbocycles. The van der Waals surface area contributed by atoms with Crippen LogP contribution in [-0.4, -0.2) is 53.4 Å². The number of benzene rings is 5. The minimum Gasteiger partial charge on any atom is -0.481 e. The molecule has 0 aliphatic heterocycles. The topological polar surface area (TPSA) is 212 Å². The zero-order valence-corrected chi connectivity index (χ0v) is 29.9. The van der Waals surface area contributed by atoms with Crippen molar-refractivity contribution in [2.45, 2.75) is 6.92 Å². The standard InChI is InChI=1S/C38H32N14.C2H4O2/c1-5-13-29(14-6-1)41-33-45-34(42-30-15-7-2-8-16-30)48-37(47-33)51-39-25-27-21-23-28(24-22-27)26-40-52-38-49-35(43-31-17-9-3-10-18-31)46-36(50-38)44-32-19-11-4-12-20-32;1-2(3)4/h1-26H,(H3,41,42,45,47,48,51)(H3,43,44,46,49,50,52);1H3,(H,3,4)/b39-25+,40-26+;. The lowest BCUT2D eigenvalue weighted by Gasteiger charge is -2.10. The molecule has 0 saturated carbocycles. The molecule has 16 nitrogen and oxygen atoms in total. The van der Waals surface area contributed by atoms with E-state index in [1.807, 2.05) is 146 Å². The van der Waals surface area contributed by atoms with Crippen molar-refractivity contribution in [2.75, 3.05) is 32.1 Å². The van der Waals surface area contributed by atoms with Gasteiger partial charge in [-0.05, 0) is 59.7 Å². The van der Waals surface area contributed by atoms with Gasteiger partial charge in [0, 0.05) is 29.7 Å². The molecule has 7 N–H and O–H groups in total. The van der Waals surface area contributed by atoms with Gasteiger partial charge in [0.2, 0.25) is 35.7 Å². The Kier molecular flexibility index (Phi) is 13.1. The molecule has 278 valence electrons. The van der Waals surface area contributed by atoms with Crippen molar-refractivity contribution >= 4 is 76.8 Å². The van der Waals surface area contributed by atoms with Gasteiger partial charge in [-0.25, -0.2) is 10.9 Å². The van der Waals surface area contributed by atoms with Crippen LogP contribution in [0, 0.1) is 0 Å². The molecule has 0 saturated heterocycles. The molecule has 0 radical (unpaired) electrons. The highest BCUT2D eigenvalue weighted by molar-refractivity contribution is 5.84. The van der Waals surface area contributed by atoms with Crippen LogP contribution in [0.5, 0.6) is 0 Å². The predicted octanol–water partition coefficient (Wildman–Crippen LogP) is 8.01. The highest BCUT2D eigenvalue weighted by atomic mass is 16.4. The summed E-state index contributed by atoms with van der Waals surface area (Å²) in [4.78, 5) is 36.0. The van der Waals surface area contributed by atoms with Gasteiger partial charge >= 0.3 is 0 Å². The van der Waals surface area contributed by atoms with Crippen LogP contribution in [0.2, 0.25) is 0 Å². The van der Waals surface area contributed by atoms with Gasteiger partial charge < -0.3 is 26.4 Å². The van der Waals surface area contributed by atoms with Crippen molar-refractivity contribution in [3.8, 4) is 0 Å². The van der Waals surface area contributed by atoms with E-state index in [1.54, 1.807) is 12.4 Å². The first kappa shape index (κ1) is 37.5. The normalized spacial score (nSPS) is 10.6. The van der Waals surface area contributed by atoms with Gasteiger partial charge in [-0.3, -0.25) is 4.79 Å². The van der Waals surface area contributed by atoms with Gasteiger partial charge in [0.15, 0.2) is 0 Å².